The average molecular weight is 495 g/mol. The summed E-state index contributed by atoms with van der Waals surface area (Å²) < 4.78 is 0. The van der Waals surface area contributed by atoms with Gasteiger partial charge in [0.05, 0.1) is 6.54 Å². The standard InChI is InChI=1S/C25H30N6O5/c1-17(32)27-22-12-13-31(15-22)16-23(33)28-21-10-6-19(7-11-21)3-2-18-4-8-20(9-5-18)25(34)29-24(14-26)36-30-35/h4-11,22,24,30,35H,12-16,26H2,1H3,(H,27,32)(H,28,33)(H,29,34)/t22-,24+/m1/s1. The van der Waals surface area contributed by atoms with Gasteiger partial charge >= 0.3 is 0 Å². The van der Waals surface area contributed by atoms with Crippen molar-refractivity contribution in [1.29, 1.82) is 0 Å². The molecule has 0 aromatic heterocycles. The van der Waals surface area contributed by atoms with Crippen LogP contribution >= 0.6 is 0 Å². The van der Waals surface area contributed by atoms with E-state index in [1.807, 2.05) is 17.0 Å². The topological polar surface area (TPSA) is 158 Å². The number of carbonyl (C=O) groups is 3. The van der Waals surface area contributed by atoms with E-state index in [1.165, 1.54) is 12.6 Å². The van der Waals surface area contributed by atoms with Gasteiger partial charge in [-0.1, -0.05) is 17.5 Å². The van der Waals surface area contributed by atoms with Gasteiger partial charge in [-0.25, -0.2) is 0 Å². The Morgan fingerprint density at radius 3 is 2.33 bits per heavy atom. The summed E-state index contributed by atoms with van der Waals surface area (Å²) in [6.45, 7) is 3.17. The average Bonchev–Trinajstić information content (AvgIpc) is 3.29. The molecular weight excluding hydrogens is 464 g/mol. The molecule has 0 unspecified atom stereocenters. The minimum atomic E-state index is -0.877. The summed E-state index contributed by atoms with van der Waals surface area (Å²) in [4.78, 5) is 42.4. The molecule has 1 aliphatic heterocycles. The number of hydrogen-bond donors (Lipinski definition) is 6. The van der Waals surface area contributed by atoms with Crippen molar-refractivity contribution in [1.82, 2.24) is 21.2 Å². The van der Waals surface area contributed by atoms with E-state index in [1.54, 1.807) is 36.4 Å². The summed E-state index contributed by atoms with van der Waals surface area (Å²) >= 11 is 0. The van der Waals surface area contributed by atoms with Crippen LogP contribution in [0.3, 0.4) is 0 Å². The monoisotopic (exact) mass is 494 g/mol. The van der Waals surface area contributed by atoms with E-state index in [9.17, 15) is 14.4 Å². The summed E-state index contributed by atoms with van der Waals surface area (Å²) in [5.41, 5.74) is 9.50. The predicted molar refractivity (Wildman–Crippen MR) is 132 cm³/mol. The van der Waals surface area contributed by atoms with Gasteiger partial charge < -0.3 is 21.7 Å². The molecule has 0 saturated carbocycles. The van der Waals surface area contributed by atoms with Crippen LogP contribution in [0.15, 0.2) is 48.5 Å². The maximum absolute atomic E-state index is 12.4. The Labute approximate surface area is 209 Å². The van der Waals surface area contributed by atoms with Gasteiger partial charge in [-0.15, -0.1) is 0 Å². The van der Waals surface area contributed by atoms with Gasteiger partial charge in [0.1, 0.15) is 0 Å². The normalized spacial score (nSPS) is 15.9. The van der Waals surface area contributed by atoms with E-state index in [2.05, 4.69) is 32.6 Å². The molecule has 3 rings (SSSR count). The number of nitrogens with one attached hydrogen (secondary N) is 4. The molecule has 1 aliphatic rings. The van der Waals surface area contributed by atoms with Crippen molar-refractivity contribution in [2.45, 2.75) is 25.6 Å². The van der Waals surface area contributed by atoms with E-state index in [0.29, 0.717) is 17.8 Å². The molecule has 2 aromatic rings. The number of nitrogens with zero attached hydrogens (tertiary/aromatic N) is 1. The highest BCUT2D eigenvalue weighted by Crippen LogP contribution is 2.12. The third-order valence-electron chi connectivity index (χ3n) is 5.42. The highest BCUT2D eigenvalue weighted by molar-refractivity contribution is 5.94. The number of nitrogens with two attached hydrogens (primary N) is 1. The summed E-state index contributed by atoms with van der Waals surface area (Å²) in [5.74, 6) is 5.50. The quantitative estimate of drug-likeness (QED) is 0.163. The minimum Gasteiger partial charge on any atom is -0.352 e. The van der Waals surface area contributed by atoms with Crippen LogP contribution in [-0.2, 0) is 14.4 Å². The zero-order valence-corrected chi connectivity index (χ0v) is 19.9. The first kappa shape index (κ1) is 26.8. The first-order valence-corrected chi connectivity index (χ1v) is 11.4. The number of rotatable bonds is 9. The van der Waals surface area contributed by atoms with Crippen molar-refractivity contribution in [2.75, 3.05) is 31.5 Å². The lowest BCUT2D eigenvalue weighted by atomic mass is 10.1. The maximum Gasteiger partial charge on any atom is 0.253 e. The Kier molecular flexibility index (Phi) is 9.93. The maximum atomic E-state index is 12.4. The summed E-state index contributed by atoms with van der Waals surface area (Å²) in [6, 6.07) is 14.0. The molecule has 3 amide bonds. The Bertz CT molecular complexity index is 1110. The van der Waals surface area contributed by atoms with Crippen LogP contribution in [0.4, 0.5) is 5.69 Å². The molecule has 36 heavy (non-hydrogen) atoms. The van der Waals surface area contributed by atoms with Crippen LogP contribution in [0, 0.1) is 11.8 Å². The van der Waals surface area contributed by atoms with Crippen molar-refractivity contribution in [3.8, 4) is 11.8 Å². The SMILES string of the molecule is CC(=O)N[C@@H]1CCN(CC(=O)Nc2ccc(C#Cc3ccc(C(=O)N[C@H](CN)ONO)cc3)cc2)C1. The molecule has 2 atom stereocenters. The second kappa shape index (κ2) is 13.3. The molecular formula is C25H30N6O5. The molecule has 190 valence electrons. The summed E-state index contributed by atoms with van der Waals surface area (Å²) in [5, 5.41) is 16.8. The van der Waals surface area contributed by atoms with Crippen LogP contribution < -0.4 is 27.3 Å². The van der Waals surface area contributed by atoms with Gasteiger partial charge in [-0.05, 0) is 55.0 Å². The van der Waals surface area contributed by atoms with Gasteiger partial charge in [-0.3, -0.25) is 29.3 Å². The smallest absolute Gasteiger partial charge is 0.253 e. The lowest BCUT2D eigenvalue weighted by molar-refractivity contribution is -0.164. The van der Waals surface area contributed by atoms with Crippen LogP contribution in [0.2, 0.25) is 0 Å². The van der Waals surface area contributed by atoms with Crippen molar-refractivity contribution >= 4 is 23.4 Å². The fourth-order valence-electron chi connectivity index (χ4n) is 3.70. The van der Waals surface area contributed by atoms with Gasteiger partial charge in [-0.2, -0.15) is 0 Å². The molecule has 1 saturated heterocycles. The van der Waals surface area contributed by atoms with Gasteiger partial charge in [0.25, 0.3) is 5.91 Å². The molecule has 0 bridgehead atoms. The molecule has 0 spiro atoms. The van der Waals surface area contributed by atoms with E-state index < -0.39 is 12.1 Å². The number of carbonyl (C=O) groups excluding carboxylic acids is 3. The van der Waals surface area contributed by atoms with Gasteiger partial charge in [0.15, 0.2) is 6.23 Å². The van der Waals surface area contributed by atoms with E-state index in [-0.39, 0.29) is 30.9 Å². The minimum absolute atomic E-state index is 0.0237. The number of amides is 3. The van der Waals surface area contributed by atoms with Crippen molar-refractivity contribution < 1.29 is 24.4 Å². The van der Waals surface area contributed by atoms with E-state index >= 15 is 0 Å². The van der Waals surface area contributed by atoms with Crippen molar-refractivity contribution in [3.63, 3.8) is 0 Å². The number of anilines is 1. The number of hydrogen-bond acceptors (Lipinski definition) is 8. The third-order valence-corrected chi connectivity index (χ3v) is 5.42. The molecule has 1 fully saturated rings. The van der Waals surface area contributed by atoms with Crippen molar-refractivity contribution in [2.24, 2.45) is 5.73 Å². The number of benzene rings is 2. The molecule has 0 radical (unpaired) electrons. The van der Waals surface area contributed by atoms with Crippen molar-refractivity contribution in [3.05, 3.63) is 65.2 Å². The van der Waals surface area contributed by atoms with Gasteiger partial charge in [0.2, 0.25) is 11.8 Å². The van der Waals surface area contributed by atoms with Crippen LogP contribution in [-0.4, -0.2) is 66.3 Å². The third kappa shape index (κ3) is 8.46. The molecule has 0 aliphatic carbocycles. The number of likely N-dealkylation sites (tertiary alicyclic amines) is 1. The van der Waals surface area contributed by atoms with E-state index in [4.69, 9.17) is 10.9 Å². The largest absolute Gasteiger partial charge is 0.352 e. The fraction of sp³-hybridized carbons (Fsp3) is 0.320. The van der Waals surface area contributed by atoms with E-state index in [0.717, 1.165) is 24.1 Å². The highest BCUT2D eigenvalue weighted by atomic mass is 16.8. The second-order valence-electron chi connectivity index (χ2n) is 8.28. The lowest BCUT2D eigenvalue weighted by Crippen LogP contribution is -2.44. The van der Waals surface area contributed by atoms with Crippen LogP contribution in [0.1, 0.15) is 34.8 Å². The van der Waals surface area contributed by atoms with Crippen LogP contribution in [0.5, 0.6) is 0 Å². The lowest BCUT2D eigenvalue weighted by Gasteiger charge is -2.16. The van der Waals surface area contributed by atoms with Crippen LogP contribution in [0.25, 0.3) is 0 Å². The Balaban J connectivity index is 1.49. The Morgan fingerprint density at radius 1 is 1.11 bits per heavy atom. The zero-order valence-electron chi connectivity index (χ0n) is 19.9. The molecule has 11 heteroatoms. The molecule has 11 nitrogen and oxygen atoms in total. The molecule has 2 aromatic carbocycles. The Morgan fingerprint density at radius 2 is 1.75 bits per heavy atom. The zero-order chi connectivity index (χ0) is 25.9. The first-order valence-electron chi connectivity index (χ1n) is 11.4. The Hall–Kier alpha value is -3.79. The molecule has 1 heterocycles. The second-order valence-corrected chi connectivity index (χ2v) is 8.28. The predicted octanol–water partition coefficient (Wildman–Crippen LogP) is 0.160. The first-order chi connectivity index (χ1) is 17.4. The highest BCUT2D eigenvalue weighted by Gasteiger charge is 2.24. The summed E-state index contributed by atoms with van der Waals surface area (Å²) in [7, 11) is 0. The van der Waals surface area contributed by atoms with Gasteiger partial charge in [0, 0.05) is 55.0 Å². The fourth-order valence-corrected chi connectivity index (χ4v) is 3.70. The summed E-state index contributed by atoms with van der Waals surface area (Å²) in [6.07, 6.45) is -0.0419. The molecule has 7 N–H and O–H groups in total.